The quantitative estimate of drug-likeness (QED) is 0.0666. The molecule has 4 aliphatic carbocycles. The summed E-state index contributed by atoms with van der Waals surface area (Å²) in [6.07, 6.45) is 6.48. The summed E-state index contributed by atoms with van der Waals surface area (Å²) in [6.45, 7) is 9.58. The maximum atomic E-state index is 13.3. The third kappa shape index (κ3) is 11.3. The number of fused-ring (bicyclic) bond motifs is 5. The number of aliphatic hydroxyl groups is 2. The van der Waals surface area contributed by atoms with E-state index in [2.05, 4.69) is 46.3 Å². The Bertz CT molecular complexity index is 1750. The first kappa shape index (κ1) is 47.6. The molecule has 0 aromatic heterocycles. The fraction of sp³-hybridized carbons (Fsp3) is 0.778. The minimum Gasteiger partial charge on any atom is -0.480 e. The molecular formula is C45H70N8O9. The zero-order chi connectivity index (χ0) is 44.8. The molecule has 17 heteroatoms. The van der Waals surface area contributed by atoms with Gasteiger partial charge in [-0.1, -0.05) is 38.0 Å². The third-order valence-corrected chi connectivity index (χ3v) is 16.2. The fourth-order valence-corrected chi connectivity index (χ4v) is 12.9. The van der Waals surface area contributed by atoms with Gasteiger partial charge in [-0.05, 0) is 127 Å². The smallest absolute Gasteiger partial charge is 0.317 e. The minimum absolute atomic E-state index is 0.00185. The van der Waals surface area contributed by atoms with E-state index in [1.54, 1.807) is 9.80 Å². The summed E-state index contributed by atoms with van der Waals surface area (Å²) in [6, 6.07) is 7.23. The summed E-state index contributed by atoms with van der Waals surface area (Å²) in [5.41, 5.74) is 10.3. The van der Waals surface area contributed by atoms with Crippen molar-refractivity contribution < 1.29 is 44.7 Å². The lowest BCUT2D eigenvalue weighted by atomic mass is 9.43. The monoisotopic (exact) mass is 867 g/mol. The number of aliphatic carboxylic acids is 3. The van der Waals surface area contributed by atoms with Crippen molar-refractivity contribution in [2.45, 2.75) is 109 Å². The predicted molar refractivity (Wildman–Crippen MR) is 232 cm³/mol. The number of aliphatic hydroxyl groups excluding tert-OH is 2. The van der Waals surface area contributed by atoms with Gasteiger partial charge in [0.25, 0.3) is 0 Å². The van der Waals surface area contributed by atoms with Crippen LogP contribution in [-0.4, -0.2) is 154 Å². The van der Waals surface area contributed by atoms with Gasteiger partial charge in [-0.25, -0.2) is 0 Å². The van der Waals surface area contributed by atoms with Gasteiger partial charge in [0, 0.05) is 74.9 Å². The number of benzene rings is 1. The van der Waals surface area contributed by atoms with Crippen LogP contribution in [0, 0.1) is 46.3 Å². The van der Waals surface area contributed by atoms with Gasteiger partial charge in [-0.3, -0.25) is 33.9 Å². The lowest BCUT2D eigenvalue weighted by molar-refractivity contribution is -0.202. The molecule has 1 aliphatic heterocycles. The van der Waals surface area contributed by atoms with Gasteiger partial charge in [0.05, 0.1) is 31.8 Å². The van der Waals surface area contributed by atoms with E-state index in [0.717, 1.165) is 37.7 Å². The second-order valence-electron chi connectivity index (χ2n) is 19.8. The van der Waals surface area contributed by atoms with E-state index in [4.69, 9.17) is 5.53 Å². The van der Waals surface area contributed by atoms with Gasteiger partial charge >= 0.3 is 17.9 Å². The summed E-state index contributed by atoms with van der Waals surface area (Å²) in [4.78, 5) is 56.7. The summed E-state index contributed by atoms with van der Waals surface area (Å²) in [7, 11) is 0. The van der Waals surface area contributed by atoms with Crippen LogP contribution in [0.15, 0.2) is 29.4 Å². The molecule has 6 rings (SSSR count). The first-order chi connectivity index (χ1) is 29.5. The minimum atomic E-state index is -0.990. The van der Waals surface area contributed by atoms with Gasteiger partial charge in [-0.15, -0.1) is 0 Å². The van der Waals surface area contributed by atoms with Crippen molar-refractivity contribution in [2.24, 2.45) is 51.5 Å². The zero-order valence-electron chi connectivity index (χ0n) is 36.8. The van der Waals surface area contributed by atoms with Crippen LogP contribution in [0.2, 0.25) is 0 Å². The highest BCUT2D eigenvalue weighted by atomic mass is 16.4. The van der Waals surface area contributed by atoms with Crippen LogP contribution < -0.4 is 10.6 Å². The Balaban J connectivity index is 1.02. The van der Waals surface area contributed by atoms with Crippen molar-refractivity contribution in [2.75, 3.05) is 70.8 Å². The van der Waals surface area contributed by atoms with E-state index in [9.17, 15) is 44.7 Å². The molecule has 0 spiro atoms. The molecule has 1 aromatic carbocycles. The van der Waals surface area contributed by atoms with Gasteiger partial charge in [0.2, 0.25) is 5.91 Å². The summed E-state index contributed by atoms with van der Waals surface area (Å²) >= 11 is 0. The first-order valence-electron chi connectivity index (χ1n) is 22.8. The average Bonchev–Trinajstić information content (AvgIpc) is 3.61. The Morgan fingerprint density at radius 3 is 2.08 bits per heavy atom. The number of anilines is 1. The number of carbonyl (C=O) groups excluding carboxylic acids is 1. The maximum absolute atomic E-state index is 13.3. The Morgan fingerprint density at radius 2 is 1.48 bits per heavy atom. The molecule has 62 heavy (non-hydrogen) atoms. The molecule has 7 N–H and O–H groups in total. The second-order valence-corrected chi connectivity index (χ2v) is 19.8. The number of nitrogens with one attached hydrogen (secondary N) is 2. The number of hydrogen-bond acceptors (Lipinski definition) is 11. The number of azide groups is 1. The molecule has 1 amide bonds. The molecule has 12 atom stereocenters. The first-order valence-corrected chi connectivity index (χ1v) is 22.8. The summed E-state index contributed by atoms with van der Waals surface area (Å²) < 4.78 is 0. The van der Waals surface area contributed by atoms with Gasteiger partial charge in [0.1, 0.15) is 0 Å². The lowest BCUT2D eigenvalue weighted by Crippen LogP contribution is -2.62. The van der Waals surface area contributed by atoms with Gasteiger partial charge < -0.3 is 36.2 Å². The standard InChI is InChI=1S/C45H70N8O9/c1-28(34-9-10-35-43-36(23-38(55)45(34,35)3)44(2)13-12-32(49-50-46)21-30(44)22-37(43)54)4-11-39(56)48-31-7-5-29(6-8-31)20-33(47-24-40(57)58)25-51-14-16-52(26-41(59)60)18-19-53(17-15-51)27-42(61)62/h5-8,28,30,32-38,43,47,54-55H,4,9-27H2,1-3H3,(H,48,56)(H,57,58)(H,59,60)(H,61,62)/t28?,30-,32?,33?,34+,35?,36?,37+,38-,43?,44-,45+/m0/s1. The molecule has 4 saturated carbocycles. The molecule has 17 nitrogen and oxygen atoms in total. The van der Waals surface area contributed by atoms with Crippen LogP contribution >= 0.6 is 0 Å². The van der Waals surface area contributed by atoms with Crippen LogP contribution in [0.4, 0.5) is 5.69 Å². The zero-order valence-corrected chi connectivity index (χ0v) is 36.8. The summed E-state index contributed by atoms with van der Waals surface area (Å²) in [5, 5.41) is 62.3. The molecular weight excluding hydrogens is 797 g/mol. The van der Waals surface area contributed by atoms with Crippen LogP contribution in [-0.2, 0) is 25.6 Å². The Morgan fingerprint density at radius 1 is 0.855 bits per heavy atom. The molecule has 5 fully saturated rings. The molecule has 344 valence electrons. The van der Waals surface area contributed by atoms with Gasteiger partial charge in [0.15, 0.2) is 0 Å². The van der Waals surface area contributed by atoms with Crippen molar-refractivity contribution in [3.8, 4) is 0 Å². The van der Waals surface area contributed by atoms with E-state index in [0.29, 0.717) is 83.6 Å². The number of nitrogens with zero attached hydrogens (tertiary/aromatic N) is 6. The fourth-order valence-electron chi connectivity index (χ4n) is 12.9. The van der Waals surface area contributed by atoms with Gasteiger partial charge in [-0.2, -0.15) is 0 Å². The van der Waals surface area contributed by atoms with Crippen LogP contribution in [0.1, 0.15) is 84.1 Å². The van der Waals surface area contributed by atoms with Crippen molar-refractivity contribution in [1.82, 2.24) is 20.0 Å². The van der Waals surface area contributed by atoms with Crippen LogP contribution in [0.25, 0.3) is 10.4 Å². The molecule has 0 radical (unpaired) electrons. The van der Waals surface area contributed by atoms with E-state index < -0.39 is 30.1 Å². The van der Waals surface area contributed by atoms with E-state index >= 15 is 0 Å². The van der Waals surface area contributed by atoms with E-state index in [-0.39, 0.29) is 84.0 Å². The highest BCUT2D eigenvalue weighted by Crippen LogP contribution is 2.68. The molecule has 1 heterocycles. The number of amides is 1. The topological polar surface area (TPSA) is 252 Å². The van der Waals surface area contributed by atoms with Crippen molar-refractivity contribution >= 4 is 29.5 Å². The lowest BCUT2D eigenvalue weighted by Gasteiger charge is -2.63. The van der Waals surface area contributed by atoms with Crippen molar-refractivity contribution in [3.05, 3.63) is 40.3 Å². The predicted octanol–water partition coefficient (Wildman–Crippen LogP) is 3.99. The number of carboxylic acids is 3. The molecule has 6 unspecified atom stereocenters. The third-order valence-electron chi connectivity index (χ3n) is 16.2. The van der Waals surface area contributed by atoms with Crippen molar-refractivity contribution in [3.63, 3.8) is 0 Å². The van der Waals surface area contributed by atoms with Crippen LogP contribution in [0.5, 0.6) is 0 Å². The molecule has 1 aromatic rings. The Labute approximate surface area is 365 Å². The SMILES string of the molecule is CC(CCC(=O)Nc1ccc(CC(CN2CCN(CC(=O)O)CCN(CC(=O)O)CC2)NCC(=O)O)cc1)[C@H]1CCC2C3C(C[C@H](O)[C@@]21C)[C@@]1(C)CCC(N=[N+]=[N-])C[C@H]1C[C@H]3O. The Kier molecular flexibility index (Phi) is 16.0. The van der Waals surface area contributed by atoms with Crippen LogP contribution in [0.3, 0.4) is 0 Å². The summed E-state index contributed by atoms with van der Waals surface area (Å²) in [5.74, 6) is -1.73. The number of rotatable bonds is 17. The normalized spacial score (nSPS) is 34.1. The maximum Gasteiger partial charge on any atom is 0.317 e. The average molecular weight is 867 g/mol. The molecule has 1 saturated heterocycles. The number of hydrogen-bond donors (Lipinski definition) is 7. The number of carbonyl (C=O) groups is 4. The Hall–Kier alpha value is -3.83. The van der Waals surface area contributed by atoms with E-state index in [1.165, 1.54) is 0 Å². The largest absolute Gasteiger partial charge is 0.480 e. The van der Waals surface area contributed by atoms with Crippen molar-refractivity contribution in [1.29, 1.82) is 0 Å². The highest BCUT2D eigenvalue weighted by molar-refractivity contribution is 5.90. The number of carboxylic acid groups (broad SMARTS) is 3. The molecule has 5 aliphatic rings. The highest BCUT2D eigenvalue weighted by Gasteiger charge is 2.65. The molecule has 0 bridgehead atoms. The van der Waals surface area contributed by atoms with E-state index in [1.807, 2.05) is 24.3 Å². The second kappa shape index (κ2) is 20.8.